The number of fused-ring (bicyclic) bond motifs is 9. The van der Waals surface area contributed by atoms with Crippen LogP contribution in [-0.2, 0) is 12.8 Å². The van der Waals surface area contributed by atoms with Crippen LogP contribution in [-0.4, -0.2) is 14.1 Å². The molecule has 0 amide bonds. The van der Waals surface area contributed by atoms with Gasteiger partial charge in [-0.05, 0) is 172 Å². The van der Waals surface area contributed by atoms with E-state index in [0.717, 1.165) is 51.9 Å². The predicted octanol–water partition coefficient (Wildman–Crippen LogP) is 15.5. The van der Waals surface area contributed by atoms with Gasteiger partial charge in [-0.2, -0.15) is 0 Å². The Morgan fingerprint density at radius 1 is 0.569 bits per heavy atom. The fourth-order valence-corrected chi connectivity index (χ4v) is 10.1. The number of pyridine rings is 1. The second-order valence-corrected chi connectivity index (χ2v) is 16.9. The molecule has 65 heavy (non-hydrogen) atoms. The largest absolute Gasteiger partial charge is 0.403 e. The lowest BCUT2D eigenvalue weighted by atomic mass is 9.84. The number of benzene rings is 7. The standard InChI is InChI=1S/C61H48N4/c1-4-7-15-40(6-3)42-18-11-20-44(30-42)46-26-28-59-55(33-46)57-35-49-24-23-48-34-56-54-32-47(45-21-12-19-43(31-45)41-16-9-8-10-17-41)25-27-58(54)64(50(38-62)14-5-2)60(56)36-52(48)53(49)37-61(57)65(59)51-22-13-29-63-39-51/h4-22,25-39H,1,23-24,62H2,2-3H3/b14-5-,15-7-,40-6+,50-38+. The summed E-state index contributed by atoms with van der Waals surface area (Å²) in [6, 6.07) is 56.0. The summed E-state index contributed by atoms with van der Waals surface area (Å²) in [7, 11) is 0. The van der Waals surface area contributed by atoms with Crippen LogP contribution in [0.15, 0.2) is 213 Å². The molecule has 1 aliphatic rings. The van der Waals surface area contributed by atoms with Gasteiger partial charge in [0.05, 0.1) is 39.6 Å². The number of hydrogen-bond donors (Lipinski definition) is 1. The van der Waals surface area contributed by atoms with E-state index in [9.17, 15) is 0 Å². The maximum Gasteiger partial charge on any atom is 0.0645 e. The van der Waals surface area contributed by atoms with E-state index in [2.05, 4.69) is 198 Å². The van der Waals surface area contributed by atoms with Crippen molar-refractivity contribution >= 4 is 54.9 Å². The van der Waals surface area contributed by atoms with Gasteiger partial charge in [0.2, 0.25) is 0 Å². The molecule has 0 bridgehead atoms. The van der Waals surface area contributed by atoms with Crippen molar-refractivity contribution in [2.75, 3.05) is 0 Å². The van der Waals surface area contributed by atoms with Crippen LogP contribution in [0.3, 0.4) is 0 Å². The molecule has 4 nitrogen and oxygen atoms in total. The SMILES string of the molecule is C=C/C=C\C(=C/C)c1cccc(-c2ccc3c(c2)c2cc4c(cc2n3-c2cccnc2)-c2cc3c(cc2CC4)c2cc(-c4cccc(-c5ccccc5)c4)ccc2n3C(/C=C\C)=C/N)c1. The van der Waals surface area contributed by atoms with Crippen molar-refractivity contribution in [3.63, 3.8) is 0 Å². The molecule has 10 aromatic rings. The fourth-order valence-electron chi connectivity index (χ4n) is 10.1. The Morgan fingerprint density at radius 3 is 1.86 bits per heavy atom. The molecule has 0 fully saturated rings. The summed E-state index contributed by atoms with van der Waals surface area (Å²) >= 11 is 0. The van der Waals surface area contributed by atoms with Gasteiger partial charge in [0.15, 0.2) is 0 Å². The lowest BCUT2D eigenvalue weighted by Crippen LogP contribution is -2.05. The molecule has 3 heterocycles. The number of nitrogens with two attached hydrogens (primary N) is 1. The van der Waals surface area contributed by atoms with Gasteiger partial charge in [-0.15, -0.1) is 0 Å². The Morgan fingerprint density at radius 2 is 1.18 bits per heavy atom. The van der Waals surface area contributed by atoms with Crippen molar-refractivity contribution in [1.82, 2.24) is 14.1 Å². The lowest BCUT2D eigenvalue weighted by Gasteiger charge is -2.21. The summed E-state index contributed by atoms with van der Waals surface area (Å²) in [5.74, 6) is 0. The van der Waals surface area contributed by atoms with Crippen molar-refractivity contribution in [2.45, 2.75) is 26.7 Å². The minimum Gasteiger partial charge on any atom is -0.403 e. The van der Waals surface area contributed by atoms with Crippen molar-refractivity contribution < 1.29 is 0 Å². The first-order chi connectivity index (χ1) is 32.0. The normalized spacial score (nSPS) is 13.1. The van der Waals surface area contributed by atoms with Gasteiger partial charge < -0.3 is 14.9 Å². The average molecular weight is 837 g/mol. The molecule has 0 aliphatic heterocycles. The minimum absolute atomic E-state index is 0.936. The Kier molecular flexibility index (Phi) is 10.1. The quantitative estimate of drug-likeness (QED) is 0.147. The third kappa shape index (κ3) is 6.83. The van der Waals surface area contributed by atoms with Crippen LogP contribution in [0.25, 0.3) is 105 Å². The van der Waals surface area contributed by atoms with Gasteiger partial charge in [-0.25, -0.2) is 0 Å². The highest BCUT2D eigenvalue weighted by molar-refractivity contribution is 6.15. The topological polar surface area (TPSA) is 48.8 Å². The average Bonchev–Trinajstić information content (AvgIpc) is 3.85. The van der Waals surface area contributed by atoms with E-state index in [0.29, 0.717) is 0 Å². The molecule has 3 aromatic heterocycles. The summed E-state index contributed by atoms with van der Waals surface area (Å²) in [6.45, 7) is 8.00. The highest BCUT2D eigenvalue weighted by Gasteiger charge is 2.24. The van der Waals surface area contributed by atoms with Gasteiger partial charge in [-0.3, -0.25) is 4.98 Å². The Labute approximate surface area is 379 Å². The molecule has 0 unspecified atom stereocenters. The zero-order chi connectivity index (χ0) is 44.0. The van der Waals surface area contributed by atoms with Gasteiger partial charge in [0, 0.05) is 33.9 Å². The van der Waals surface area contributed by atoms with Gasteiger partial charge >= 0.3 is 0 Å². The summed E-state index contributed by atoms with van der Waals surface area (Å²) in [4.78, 5) is 4.58. The molecule has 0 saturated carbocycles. The van der Waals surface area contributed by atoms with Crippen LogP contribution < -0.4 is 5.73 Å². The number of allylic oxidation sites excluding steroid dienone is 8. The molecule has 0 saturated heterocycles. The Balaban J connectivity index is 1.10. The number of aryl methyl sites for hydroxylation is 2. The second kappa shape index (κ2) is 16.5. The first-order valence-electron chi connectivity index (χ1n) is 22.4. The zero-order valence-electron chi connectivity index (χ0n) is 36.7. The van der Waals surface area contributed by atoms with Crippen LogP contribution in [0.1, 0.15) is 30.5 Å². The molecular formula is C61H48N4. The van der Waals surface area contributed by atoms with E-state index in [-0.39, 0.29) is 0 Å². The van der Waals surface area contributed by atoms with E-state index in [4.69, 9.17) is 5.73 Å². The highest BCUT2D eigenvalue weighted by atomic mass is 15.0. The van der Waals surface area contributed by atoms with Gasteiger partial charge in [0.25, 0.3) is 0 Å². The monoisotopic (exact) mass is 836 g/mol. The molecule has 1 aliphatic carbocycles. The number of hydrogen-bond acceptors (Lipinski definition) is 2. The highest BCUT2D eigenvalue weighted by Crippen LogP contribution is 2.45. The zero-order valence-corrected chi connectivity index (χ0v) is 36.7. The molecule has 0 radical (unpaired) electrons. The Bertz CT molecular complexity index is 3630. The van der Waals surface area contributed by atoms with Crippen LogP contribution in [0, 0.1) is 0 Å². The molecule has 0 atom stereocenters. The maximum absolute atomic E-state index is 6.45. The molecular weight excluding hydrogens is 789 g/mol. The van der Waals surface area contributed by atoms with Gasteiger partial charge in [0.1, 0.15) is 0 Å². The lowest BCUT2D eigenvalue weighted by molar-refractivity contribution is 0.946. The van der Waals surface area contributed by atoms with Crippen molar-refractivity contribution in [1.29, 1.82) is 0 Å². The van der Waals surface area contributed by atoms with Crippen LogP contribution >= 0.6 is 0 Å². The van der Waals surface area contributed by atoms with Crippen LogP contribution in [0.2, 0.25) is 0 Å². The first kappa shape index (κ1) is 39.6. The van der Waals surface area contributed by atoms with E-state index >= 15 is 0 Å². The number of nitrogens with zero attached hydrogens (tertiary/aromatic N) is 3. The van der Waals surface area contributed by atoms with Crippen molar-refractivity contribution in [3.8, 4) is 50.2 Å². The van der Waals surface area contributed by atoms with E-state index in [1.54, 1.807) is 6.20 Å². The van der Waals surface area contributed by atoms with Crippen molar-refractivity contribution in [3.05, 3.63) is 230 Å². The minimum atomic E-state index is 0.936. The third-order valence-electron chi connectivity index (χ3n) is 13.2. The Hall–Kier alpha value is -8.21. The molecule has 7 aromatic carbocycles. The van der Waals surface area contributed by atoms with Crippen molar-refractivity contribution in [2.24, 2.45) is 5.73 Å². The third-order valence-corrected chi connectivity index (χ3v) is 13.2. The summed E-state index contributed by atoms with van der Waals surface area (Å²) in [5.41, 5.74) is 27.8. The molecule has 11 rings (SSSR count). The molecule has 4 heteroatoms. The molecule has 0 spiro atoms. The predicted molar refractivity (Wildman–Crippen MR) is 277 cm³/mol. The fraction of sp³-hybridized carbons (Fsp3) is 0.0656. The smallest absolute Gasteiger partial charge is 0.0645 e. The summed E-state index contributed by atoms with van der Waals surface area (Å²) < 4.78 is 4.72. The van der Waals surface area contributed by atoms with Crippen LogP contribution in [0.5, 0.6) is 0 Å². The number of aromatic nitrogens is 3. The van der Waals surface area contributed by atoms with Crippen LogP contribution in [0.4, 0.5) is 0 Å². The van der Waals surface area contributed by atoms with Gasteiger partial charge in [-0.1, -0.05) is 116 Å². The van der Waals surface area contributed by atoms with E-state index in [1.807, 2.05) is 37.5 Å². The van der Waals surface area contributed by atoms with E-state index < -0.39 is 0 Å². The maximum atomic E-state index is 6.45. The summed E-state index contributed by atoms with van der Waals surface area (Å²) in [5, 5.41) is 4.91. The second-order valence-electron chi connectivity index (χ2n) is 16.9. The number of rotatable bonds is 9. The molecule has 2 N–H and O–H groups in total. The van der Waals surface area contributed by atoms with E-state index in [1.165, 1.54) is 82.7 Å². The summed E-state index contributed by atoms with van der Waals surface area (Å²) in [6.07, 6.45) is 19.7. The molecule has 312 valence electrons. The first-order valence-corrected chi connectivity index (χ1v) is 22.4.